The van der Waals surface area contributed by atoms with Gasteiger partial charge in [0.2, 0.25) is 0 Å². The second kappa shape index (κ2) is 2.33. The number of halogens is 2. The van der Waals surface area contributed by atoms with E-state index in [0.29, 0.717) is 15.5 Å². The molecule has 0 radical (unpaired) electrons. The largest absolute Gasteiger partial charge is 0.280 e. The van der Waals surface area contributed by atoms with Crippen molar-refractivity contribution in [2.24, 2.45) is 6.98 Å². The third-order valence-corrected chi connectivity index (χ3v) is 2.38. The van der Waals surface area contributed by atoms with E-state index in [4.69, 9.17) is 27.3 Å². The summed E-state index contributed by atoms with van der Waals surface area (Å²) in [4.78, 5) is 11.0. The summed E-state index contributed by atoms with van der Waals surface area (Å²) in [5.41, 5.74) is -0.772. The van der Waals surface area contributed by atoms with Crippen LogP contribution in [-0.4, -0.2) is 3.96 Å². The average Bonchev–Trinajstić information content (AvgIpc) is 2.15. The number of hydrogen-bond donors (Lipinski definition) is 0. The van der Waals surface area contributed by atoms with Crippen LogP contribution in [0, 0.1) is 0 Å². The molecule has 1 rings (SSSR count). The second-order valence-corrected chi connectivity index (χ2v) is 3.21. The fourth-order valence-corrected chi connectivity index (χ4v) is 1.36. The predicted octanol–water partition coefficient (Wildman–Crippen LogP) is 1.75. The van der Waals surface area contributed by atoms with Crippen LogP contribution in [0.15, 0.2) is 4.79 Å². The maximum absolute atomic E-state index is 11.0. The quantitative estimate of drug-likeness (QED) is 0.606. The van der Waals surface area contributed by atoms with E-state index in [1.165, 1.54) is 0 Å². The SMILES string of the molecule is [2H]C([2H])([2H])n1sc(Cl)c(Cl)c1=O. The summed E-state index contributed by atoms with van der Waals surface area (Å²) in [6.45, 7) is -2.50. The molecule has 0 unspecified atom stereocenters. The van der Waals surface area contributed by atoms with Crippen LogP contribution in [-0.2, 0) is 6.98 Å². The van der Waals surface area contributed by atoms with Gasteiger partial charge in [-0.2, -0.15) is 0 Å². The normalized spacial score (nSPS) is 16.4. The minimum absolute atomic E-state index is 0.00204. The van der Waals surface area contributed by atoms with Crippen molar-refractivity contribution in [1.82, 2.24) is 3.96 Å². The van der Waals surface area contributed by atoms with E-state index in [0.717, 1.165) is 0 Å². The van der Waals surface area contributed by atoms with Gasteiger partial charge in [-0.15, -0.1) is 0 Å². The Kier molecular flexibility index (Phi) is 1.04. The zero-order chi connectivity index (χ0) is 9.52. The van der Waals surface area contributed by atoms with E-state index in [1.807, 2.05) is 0 Å². The van der Waals surface area contributed by atoms with E-state index in [1.54, 1.807) is 0 Å². The van der Waals surface area contributed by atoms with Crippen LogP contribution >= 0.6 is 34.7 Å². The Hall–Kier alpha value is 0.01000. The van der Waals surface area contributed by atoms with E-state index in [9.17, 15) is 4.79 Å². The molecule has 9 heavy (non-hydrogen) atoms. The summed E-state index contributed by atoms with van der Waals surface area (Å²) in [7, 11) is 0. The van der Waals surface area contributed by atoms with Crippen molar-refractivity contribution in [3.8, 4) is 0 Å². The van der Waals surface area contributed by atoms with Crippen LogP contribution in [0.5, 0.6) is 0 Å². The number of hydrogen-bond acceptors (Lipinski definition) is 2. The van der Waals surface area contributed by atoms with Crippen LogP contribution in [0.1, 0.15) is 4.11 Å². The molecule has 2 nitrogen and oxygen atoms in total. The fraction of sp³-hybridized carbons (Fsp3) is 0.250. The van der Waals surface area contributed by atoms with Gasteiger partial charge in [0.15, 0.2) is 0 Å². The molecule has 0 fully saturated rings. The van der Waals surface area contributed by atoms with Crippen molar-refractivity contribution in [1.29, 1.82) is 0 Å². The van der Waals surface area contributed by atoms with Crippen LogP contribution in [0.3, 0.4) is 0 Å². The minimum atomic E-state index is -2.50. The molecule has 0 amide bonds. The summed E-state index contributed by atoms with van der Waals surface area (Å²) in [6.07, 6.45) is 0. The van der Waals surface area contributed by atoms with Crippen LogP contribution < -0.4 is 5.56 Å². The highest BCUT2D eigenvalue weighted by atomic mass is 35.5. The van der Waals surface area contributed by atoms with E-state index >= 15 is 0 Å². The fourth-order valence-electron chi connectivity index (χ4n) is 0.335. The van der Waals surface area contributed by atoms with Gasteiger partial charge in [-0.3, -0.25) is 8.75 Å². The lowest BCUT2D eigenvalue weighted by Crippen LogP contribution is -2.07. The molecule has 50 valence electrons. The number of aryl methyl sites for hydroxylation is 1. The summed E-state index contributed by atoms with van der Waals surface area (Å²) < 4.78 is 21.3. The Balaban J connectivity index is 3.38. The predicted molar refractivity (Wildman–Crippen MR) is 39.6 cm³/mol. The molecule has 0 aliphatic carbocycles. The van der Waals surface area contributed by atoms with Crippen molar-refractivity contribution in [2.45, 2.75) is 0 Å². The first-order valence-corrected chi connectivity index (χ1v) is 3.45. The zero-order valence-corrected chi connectivity index (χ0v) is 6.35. The van der Waals surface area contributed by atoms with Gasteiger partial charge in [0.1, 0.15) is 9.36 Å². The molecule has 0 bridgehead atoms. The van der Waals surface area contributed by atoms with Gasteiger partial charge in [0, 0.05) is 11.1 Å². The highest BCUT2D eigenvalue weighted by molar-refractivity contribution is 7.11. The Morgan fingerprint density at radius 2 is 2.44 bits per heavy atom. The Bertz CT molecular complexity index is 354. The first-order valence-electron chi connectivity index (χ1n) is 3.42. The zero-order valence-electron chi connectivity index (χ0n) is 7.02. The highest BCUT2D eigenvalue weighted by Gasteiger charge is 2.06. The van der Waals surface area contributed by atoms with Gasteiger partial charge in [-0.05, 0) is 11.5 Å². The van der Waals surface area contributed by atoms with Gasteiger partial charge in [-0.25, -0.2) is 0 Å². The first kappa shape index (κ1) is 4.01. The number of nitrogens with zero attached hydrogens (tertiary/aromatic N) is 1. The second-order valence-electron chi connectivity index (χ2n) is 1.28. The lowest BCUT2D eigenvalue weighted by atomic mass is 10.7. The molecule has 0 saturated heterocycles. The highest BCUT2D eigenvalue weighted by Crippen LogP contribution is 2.21. The molecule has 0 saturated carbocycles. The van der Waals surface area contributed by atoms with Crippen molar-refractivity contribution in [2.75, 3.05) is 0 Å². The smallest absolute Gasteiger partial charge is 0.267 e. The van der Waals surface area contributed by atoms with Crippen molar-refractivity contribution >= 4 is 34.7 Å². The van der Waals surface area contributed by atoms with Crippen molar-refractivity contribution in [3.05, 3.63) is 19.7 Å². The summed E-state index contributed by atoms with van der Waals surface area (Å²) in [5.74, 6) is 0. The molecule has 1 aromatic rings. The maximum atomic E-state index is 11.0. The molecule has 0 aliphatic heterocycles. The van der Waals surface area contributed by atoms with Crippen LogP contribution in [0.4, 0.5) is 0 Å². The molecule has 0 N–H and O–H groups in total. The molecule has 0 spiro atoms. The lowest BCUT2D eigenvalue weighted by molar-refractivity contribution is 0.981. The number of rotatable bonds is 0. The third kappa shape index (κ3) is 1.13. The topological polar surface area (TPSA) is 22.0 Å². The molecule has 0 aromatic carbocycles. The molecule has 0 aliphatic rings. The molecule has 1 heterocycles. The molecule has 0 atom stereocenters. The van der Waals surface area contributed by atoms with Crippen molar-refractivity contribution in [3.63, 3.8) is 0 Å². The molecule has 1 aromatic heterocycles. The van der Waals surface area contributed by atoms with E-state index in [-0.39, 0.29) is 9.36 Å². The van der Waals surface area contributed by atoms with Gasteiger partial charge in [0.05, 0.1) is 0 Å². The van der Waals surface area contributed by atoms with Gasteiger partial charge in [-0.1, -0.05) is 23.2 Å². The first-order chi connectivity index (χ1) is 5.34. The third-order valence-electron chi connectivity index (χ3n) is 0.716. The van der Waals surface area contributed by atoms with Crippen LogP contribution in [0.2, 0.25) is 9.36 Å². The Labute approximate surface area is 70.0 Å². The average molecular weight is 187 g/mol. The summed E-state index contributed by atoms with van der Waals surface area (Å²) >= 11 is 11.5. The number of aromatic nitrogens is 1. The molecule has 5 heteroatoms. The Morgan fingerprint density at radius 1 is 1.78 bits per heavy atom. The molecular formula is C4H3Cl2NOS. The van der Waals surface area contributed by atoms with Gasteiger partial charge in [0.25, 0.3) is 5.56 Å². The monoisotopic (exact) mass is 186 g/mol. The standard InChI is InChI=1S/C4H3Cl2NOS/c1-7-4(8)2(5)3(6)9-7/h1H3/i1D3. The van der Waals surface area contributed by atoms with Crippen molar-refractivity contribution < 1.29 is 4.11 Å². The van der Waals surface area contributed by atoms with E-state index < -0.39 is 12.5 Å². The summed E-state index contributed by atoms with van der Waals surface area (Å²) in [6, 6.07) is 0. The summed E-state index contributed by atoms with van der Waals surface area (Å²) in [5, 5.41) is -0.238. The van der Waals surface area contributed by atoms with Gasteiger partial charge >= 0.3 is 0 Å². The Morgan fingerprint density at radius 3 is 2.67 bits per heavy atom. The molecular weight excluding hydrogens is 181 g/mol. The van der Waals surface area contributed by atoms with E-state index in [2.05, 4.69) is 0 Å². The van der Waals surface area contributed by atoms with Crippen LogP contribution in [0.25, 0.3) is 0 Å². The maximum Gasteiger partial charge on any atom is 0.280 e. The van der Waals surface area contributed by atoms with Gasteiger partial charge < -0.3 is 0 Å². The minimum Gasteiger partial charge on any atom is -0.267 e. The lowest BCUT2D eigenvalue weighted by Gasteiger charge is -1.77.